The molecular weight excluding hydrogens is 194 g/mol. The molecule has 0 spiro atoms. The van der Waals surface area contributed by atoms with E-state index in [2.05, 4.69) is 10.2 Å². The molecule has 0 aliphatic heterocycles. The summed E-state index contributed by atoms with van der Waals surface area (Å²) in [6, 6.07) is 0. The van der Waals surface area contributed by atoms with Gasteiger partial charge in [0.05, 0.1) is 5.75 Å². The molecule has 6 heteroatoms. The lowest BCUT2D eigenvalue weighted by atomic mass is 10.9. The van der Waals surface area contributed by atoms with Crippen LogP contribution in [0.25, 0.3) is 0 Å². The van der Waals surface area contributed by atoms with Crippen LogP contribution in [0, 0.1) is 0 Å². The second kappa shape index (κ2) is 4.42. The Balaban J connectivity index is 2.58. The average Bonchev–Trinajstić information content (AvgIpc) is 2.48. The van der Waals surface area contributed by atoms with Crippen LogP contribution in [0.3, 0.4) is 0 Å². The maximum atomic E-state index is 10.0. The summed E-state index contributed by atoms with van der Waals surface area (Å²) in [5.41, 5.74) is 0. The van der Waals surface area contributed by atoms with Gasteiger partial charge in [0.15, 0.2) is 4.34 Å². The molecule has 0 aromatic carbocycles. The summed E-state index contributed by atoms with van der Waals surface area (Å²) in [4.78, 5) is 11.9. The largest absolute Gasteiger partial charge is 0.353 e. The number of aromatic nitrogens is 2. The Hall–Kier alpha value is -0.620. The number of hydrogen-bond donors (Lipinski definition) is 0. The number of rotatable bonds is 4. The lowest BCUT2D eigenvalue weighted by Gasteiger charge is -2.03. The van der Waals surface area contributed by atoms with E-state index >= 15 is 0 Å². The molecule has 0 saturated heterocycles. The SMILES string of the molecule is CN(C)c1nnc(SCC=O)s1. The highest BCUT2D eigenvalue weighted by Gasteiger charge is 2.04. The van der Waals surface area contributed by atoms with E-state index < -0.39 is 0 Å². The van der Waals surface area contributed by atoms with Gasteiger partial charge in [0.2, 0.25) is 5.13 Å². The van der Waals surface area contributed by atoms with Crippen molar-refractivity contribution >= 4 is 34.5 Å². The standard InChI is InChI=1S/C6H9N3OS2/c1-9(2)5-7-8-6(12-5)11-4-3-10/h3H,4H2,1-2H3. The first kappa shape index (κ1) is 9.47. The number of anilines is 1. The summed E-state index contributed by atoms with van der Waals surface area (Å²) in [6.45, 7) is 0. The maximum absolute atomic E-state index is 10.0. The van der Waals surface area contributed by atoms with Crippen LogP contribution in [0.15, 0.2) is 4.34 Å². The van der Waals surface area contributed by atoms with Crippen LogP contribution in [-0.2, 0) is 4.79 Å². The van der Waals surface area contributed by atoms with Gasteiger partial charge in [0.25, 0.3) is 0 Å². The Morgan fingerprint density at radius 2 is 2.33 bits per heavy atom. The van der Waals surface area contributed by atoms with Gasteiger partial charge in [-0.05, 0) is 0 Å². The van der Waals surface area contributed by atoms with Gasteiger partial charge in [0.1, 0.15) is 6.29 Å². The normalized spacial score (nSPS) is 9.83. The fourth-order valence-corrected chi connectivity index (χ4v) is 2.02. The molecule has 66 valence electrons. The van der Waals surface area contributed by atoms with Gasteiger partial charge in [-0.1, -0.05) is 23.1 Å². The van der Waals surface area contributed by atoms with Crippen molar-refractivity contribution in [1.82, 2.24) is 10.2 Å². The molecule has 0 aliphatic rings. The van der Waals surface area contributed by atoms with Crippen molar-refractivity contribution in [2.75, 3.05) is 24.7 Å². The van der Waals surface area contributed by atoms with Crippen LogP contribution in [0.4, 0.5) is 5.13 Å². The van der Waals surface area contributed by atoms with E-state index in [1.807, 2.05) is 19.0 Å². The summed E-state index contributed by atoms with van der Waals surface area (Å²) < 4.78 is 0.839. The number of aldehydes is 1. The third kappa shape index (κ3) is 2.46. The molecular formula is C6H9N3OS2. The number of hydrogen-bond acceptors (Lipinski definition) is 6. The second-order valence-corrected chi connectivity index (χ2v) is 4.45. The van der Waals surface area contributed by atoms with E-state index in [9.17, 15) is 4.79 Å². The Morgan fingerprint density at radius 3 is 2.83 bits per heavy atom. The zero-order valence-corrected chi connectivity index (χ0v) is 8.48. The summed E-state index contributed by atoms with van der Waals surface area (Å²) in [5.74, 6) is 0.446. The van der Waals surface area contributed by atoms with Crippen molar-refractivity contribution < 1.29 is 4.79 Å². The third-order valence-electron chi connectivity index (χ3n) is 1.05. The fourth-order valence-electron chi connectivity index (χ4n) is 0.547. The van der Waals surface area contributed by atoms with Gasteiger partial charge >= 0.3 is 0 Å². The quantitative estimate of drug-likeness (QED) is 0.537. The van der Waals surface area contributed by atoms with Crippen molar-refractivity contribution in [1.29, 1.82) is 0 Å². The van der Waals surface area contributed by atoms with Crippen molar-refractivity contribution in [3.05, 3.63) is 0 Å². The Labute approximate surface area is 79.0 Å². The van der Waals surface area contributed by atoms with Crippen molar-refractivity contribution in [3.63, 3.8) is 0 Å². The lowest BCUT2D eigenvalue weighted by Crippen LogP contribution is -2.07. The monoisotopic (exact) mass is 203 g/mol. The molecule has 0 amide bonds. The van der Waals surface area contributed by atoms with Crippen LogP contribution < -0.4 is 4.90 Å². The lowest BCUT2D eigenvalue weighted by molar-refractivity contribution is -0.105. The number of carbonyl (C=O) groups is 1. The smallest absolute Gasteiger partial charge is 0.208 e. The average molecular weight is 203 g/mol. The Bertz CT molecular complexity index is 261. The van der Waals surface area contributed by atoms with Gasteiger partial charge in [0, 0.05) is 14.1 Å². The number of nitrogens with zero attached hydrogens (tertiary/aromatic N) is 3. The molecule has 0 radical (unpaired) electrons. The fraction of sp³-hybridized carbons (Fsp3) is 0.500. The Kier molecular flexibility index (Phi) is 3.48. The molecule has 0 N–H and O–H groups in total. The van der Waals surface area contributed by atoms with Gasteiger partial charge in [-0.25, -0.2) is 0 Å². The van der Waals surface area contributed by atoms with E-state index in [4.69, 9.17) is 0 Å². The summed E-state index contributed by atoms with van der Waals surface area (Å²) in [5, 5.41) is 8.70. The van der Waals surface area contributed by atoms with Crippen LogP contribution in [0.2, 0.25) is 0 Å². The van der Waals surface area contributed by atoms with Crippen molar-refractivity contribution in [2.45, 2.75) is 4.34 Å². The highest BCUT2D eigenvalue weighted by atomic mass is 32.2. The van der Waals surface area contributed by atoms with E-state index in [0.29, 0.717) is 5.75 Å². The van der Waals surface area contributed by atoms with Crippen molar-refractivity contribution in [2.24, 2.45) is 0 Å². The highest BCUT2D eigenvalue weighted by Crippen LogP contribution is 2.25. The zero-order valence-electron chi connectivity index (χ0n) is 6.85. The maximum Gasteiger partial charge on any atom is 0.208 e. The Morgan fingerprint density at radius 1 is 1.58 bits per heavy atom. The van der Waals surface area contributed by atoms with Crippen LogP contribution >= 0.6 is 23.1 Å². The summed E-state index contributed by atoms with van der Waals surface area (Å²) in [7, 11) is 3.82. The predicted octanol–water partition coefficient (Wildman–Crippen LogP) is 0.895. The van der Waals surface area contributed by atoms with E-state index in [1.165, 1.54) is 23.1 Å². The molecule has 0 fully saturated rings. The minimum Gasteiger partial charge on any atom is -0.353 e. The molecule has 0 bridgehead atoms. The van der Waals surface area contributed by atoms with Gasteiger partial charge in [-0.2, -0.15) is 0 Å². The van der Waals surface area contributed by atoms with E-state index in [0.717, 1.165) is 15.8 Å². The van der Waals surface area contributed by atoms with Crippen molar-refractivity contribution in [3.8, 4) is 0 Å². The van der Waals surface area contributed by atoms with E-state index in [1.54, 1.807) is 0 Å². The predicted molar refractivity (Wildman–Crippen MR) is 51.0 cm³/mol. The number of thioether (sulfide) groups is 1. The summed E-state index contributed by atoms with van der Waals surface area (Å²) in [6.07, 6.45) is 0.862. The topological polar surface area (TPSA) is 46.1 Å². The summed E-state index contributed by atoms with van der Waals surface area (Å²) >= 11 is 2.90. The first-order chi connectivity index (χ1) is 5.74. The van der Waals surface area contributed by atoms with Crippen LogP contribution in [0.1, 0.15) is 0 Å². The molecule has 12 heavy (non-hydrogen) atoms. The first-order valence-electron chi connectivity index (χ1n) is 3.31. The molecule has 0 aliphatic carbocycles. The molecule has 1 aromatic rings. The highest BCUT2D eigenvalue weighted by molar-refractivity contribution is 8.01. The molecule has 0 saturated carbocycles. The number of carbonyl (C=O) groups excluding carboxylic acids is 1. The zero-order chi connectivity index (χ0) is 8.97. The molecule has 0 unspecified atom stereocenters. The molecule has 1 aromatic heterocycles. The molecule has 4 nitrogen and oxygen atoms in total. The van der Waals surface area contributed by atoms with Crippen LogP contribution in [-0.4, -0.2) is 36.3 Å². The van der Waals surface area contributed by atoms with E-state index in [-0.39, 0.29) is 0 Å². The second-order valence-electron chi connectivity index (χ2n) is 2.22. The first-order valence-corrected chi connectivity index (χ1v) is 5.11. The molecule has 1 heterocycles. The van der Waals surface area contributed by atoms with Gasteiger partial charge < -0.3 is 9.69 Å². The molecule has 0 atom stereocenters. The van der Waals surface area contributed by atoms with Crippen LogP contribution in [0.5, 0.6) is 0 Å². The molecule has 1 rings (SSSR count). The van der Waals surface area contributed by atoms with Gasteiger partial charge in [-0.15, -0.1) is 10.2 Å². The minimum atomic E-state index is 0.446. The van der Waals surface area contributed by atoms with Gasteiger partial charge in [-0.3, -0.25) is 0 Å². The minimum absolute atomic E-state index is 0.446. The third-order valence-corrected chi connectivity index (χ3v) is 3.17.